The van der Waals surface area contributed by atoms with Gasteiger partial charge in [-0.25, -0.2) is 0 Å². The summed E-state index contributed by atoms with van der Waals surface area (Å²) in [5.74, 6) is 1.37. The Morgan fingerprint density at radius 2 is 1.17 bits per heavy atom. The summed E-state index contributed by atoms with van der Waals surface area (Å²) < 4.78 is 16.2. The Morgan fingerprint density at radius 1 is 0.708 bits per heavy atom. The minimum atomic E-state index is 0.0197. The first-order valence-corrected chi connectivity index (χ1v) is 7.61. The van der Waals surface area contributed by atoms with Crippen LogP contribution in [0, 0.1) is 0 Å². The van der Waals surface area contributed by atoms with E-state index in [-0.39, 0.29) is 18.4 Å². The Bertz CT molecular complexity index is 612. The number of ketones is 2. The number of carbonyl (C=O) groups is 2. The lowest BCUT2D eigenvalue weighted by Gasteiger charge is -2.09. The van der Waals surface area contributed by atoms with Crippen molar-refractivity contribution in [2.45, 2.75) is 13.8 Å². The fourth-order valence-electron chi connectivity index (χ4n) is 1.96. The second-order valence-corrected chi connectivity index (χ2v) is 5.18. The van der Waals surface area contributed by atoms with Crippen LogP contribution in [0.2, 0.25) is 0 Å². The van der Waals surface area contributed by atoms with Gasteiger partial charge in [0.2, 0.25) is 0 Å². The second-order valence-electron chi connectivity index (χ2n) is 5.18. The van der Waals surface area contributed by atoms with Gasteiger partial charge in [-0.1, -0.05) is 0 Å². The van der Waals surface area contributed by atoms with Crippen LogP contribution in [0.25, 0.3) is 0 Å². The first-order valence-electron chi connectivity index (χ1n) is 7.61. The molecular formula is C19H20O5. The monoisotopic (exact) mass is 328 g/mol. The number of benzene rings is 2. The van der Waals surface area contributed by atoms with Crippen LogP contribution >= 0.6 is 0 Å². The Labute approximate surface area is 141 Å². The molecule has 0 atom stereocenters. The van der Waals surface area contributed by atoms with Gasteiger partial charge in [-0.05, 0) is 62.4 Å². The van der Waals surface area contributed by atoms with Gasteiger partial charge in [0.25, 0.3) is 0 Å². The van der Waals surface area contributed by atoms with Gasteiger partial charge in [0, 0.05) is 11.1 Å². The number of hydrogen-bond donors (Lipinski definition) is 0. The predicted octanol–water partition coefficient (Wildman–Crippen LogP) is 3.52. The highest BCUT2D eigenvalue weighted by atomic mass is 16.7. The molecule has 2 aromatic carbocycles. The van der Waals surface area contributed by atoms with Crippen molar-refractivity contribution in [2.24, 2.45) is 0 Å². The lowest BCUT2D eigenvalue weighted by molar-refractivity contribution is 0.00246. The summed E-state index contributed by atoms with van der Waals surface area (Å²) in [6.07, 6.45) is 0. The Kier molecular flexibility index (Phi) is 6.51. The molecule has 24 heavy (non-hydrogen) atoms. The van der Waals surface area contributed by atoms with Gasteiger partial charge in [-0.3, -0.25) is 9.59 Å². The zero-order chi connectivity index (χ0) is 17.4. The van der Waals surface area contributed by atoms with Crippen LogP contribution in [0.4, 0.5) is 0 Å². The van der Waals surface area contributed by atoms with E-state index in [0.717, 1.165) is 0 Å². The van der Waals surface area contributed by atoms with Crippen molar-refractivity contribution in [1.29, 1.82) is 0 Å². The molecule has 0 aliphatic carbocycles. The molecule has 0 bridgehead atoms. The molecule has 0 saturated heterocycles. The summed E-state index contributed by atoms with van der Waals surface area (Å²) in [4.78, 5) is 22.3. The molecule has 126 valence electrons. The van der Waals surface area contributed by atoms with E-state index in [4.69, 9.17) is 14.2 Å². The quantitative estimate of drug-likeness (QED) is 0.400. The number of rotatable bonds is 9. The summed E-state index contributed by atoms with van der Waals surface area (Å²) in [6, 6.07) is 13.9. The minimum absolute atomic E-state index is 0.0197. The topological polar surface area (TPSA) is 61.8 Å². The van der Waals surface area contributed by atoms with Crippen molar-refractivity contribution in [1.82, 2.24) is 0 Å². The molecule has 0 N–H and O–H groups in total. The van der Waals surface area contributed by atoms with E-state index >= 15 is 0 Å². The van der Waals surface area contributed by atoms with Crippen LogP contribution < -0.4 is 9.47 Å². The molecule has 0 unspecified atom stereocenters. The third-order valence-electron chi connectivity index (χ3n) is 3.33. The standard InChI is InChI=1S/C19H20O5/c1-14(20)16-3-7-18(8-4-16)23-12-11-22-13-24-19-9-5-17(6-10-19)15(2)21/h3-10H,11-13H2,1-2H3. The maximum atomic E-state index is 11.2. The maximum absolute atomic E-state index is 11.2. The summed E-state index contributed by atoms with van der Waals surface area (Å²) >= 11 is 0. The fraction of sp³-hybridized carbons (Fsp3) is 0.263. The summed E-state index contributed by atoms with van der Waals surface area (Å²) in [5, 5.41) is 0. The molecule has 0 saturated carbocycles. The maximum Gasteiger partial charge on any atom is 0.189 e. The average Bonchev–Trinajstić information content (AvgIpc) is 2.58. The van der Waals surface area contributed by atoms with E-state index in [9.17, 15) is 9.59 Å². The van der Waals surface area contributed by atoms with Crippen molar-refractivity contribution in [3.05, 3.63) is 59.7 Å². The third-order valence-corrected chi connectivity index (χ3v) is 3.33. The van der Waals surface area contributed by atoms with E-state index in [1.54, 1.807) is 48.5 Å². The van der Waals surface area contributed by atoms with Crippen molar-refractivity contribution < 1.29 is 23.8 Å². The normalized spacial score (nSPS) is 10.2. The number of hydrogen-bond acceptors (Lipinski definition) is 5. The van der Waals surface area contributed by atoms with Gasteiger partial charge in [-0.15, -0.1) is 0 Å². The summed E-state index contributed by atoms with van der Waals surface area (Å²) in [6.45, 7) is 3.90. The number of carbonyl (C=O) groups excluding carboxylic acids is 2. The van der Waals surface area contributed by atoms with Gasteiger partial charge in [0.15, 0.2) is 18.4 Å². The fourth-order valence-corrected chi connectivity index (χ4v) is 1.96. The van der Waals surface area contributed by atoms with Crippen molar-refractivity contribution in [2.75, 3.05) is 20.0 Å². The predicted molar refractivity (Wildman–Crippen MR) is 89.8 cm³/mol. The van der Waals surface area contributed by atoms with E-state index in [2.05, 4.69) is 0 Å². The van der Waals surface area contributed by atoms with Gasteiger partial charge in [0.05, 0.1) is 6.61 Å². The van der Waals surface area contributed by atoms with E-state index < -0.39 is 0 Å². The lowest BCUT2D eigenvalue weighted by atomic mass is 10.1. The molecule has 0 heterocycles. The molecule has 0 amide bonds. The van der Waals surface area contributed by atoms with E-state index in [0.29, 0.717) is 35.8 Å². The van der Waals surface area contributed by atoms with Crippen LogP contribution in [0.1, 0.15) is 34.6 Å². The third kappa shape index (κ3) is 5.52. The lowest BCUT2D eigenvalue weighted by Crippen LogP contribution is -2.10. The zero-order valence-corrected chi connectivity index (χ0v) is 13.8. The van der Waals surface area contributed by atoms with Gasteiger partial charge >= 0.3 is 0 Å². The highest BCUT2D eigenvalue weighted by molar-refractivity contribution is 5.94. The van der Waals surface area contributed by atoms with Gasteiger partial charge in [0.1, 0.15) is 18.1 Å². The second kappa shape index (κ2) is 8.84. The highest BCUT2D eigenvalue weighted by Crippen LogP contribution is 2.13. The molecule has 0 aliphatic rings. The molecule has 0 spiro atoms. The molecule has 0 aromatic heterocycles. The minimum Gasteiger partial charge on any atom is -0.491 e. The summed E-state index contributed by atoms with van der Waals surface area (Å²) in [7, 11) is 0. The largest absolute Gasteiger partial charge is 0.491 e. The molecule has 5 heteroatoms. The van der Waals surface area contributed by atoms with Crippen LogP contribution in [0.5, 0.6) is 11.5 Å². The van der Waals surface area contributed by atoms with Crippen LogP contribution in [0.15, 0.2) is 48.5 Å². The van der Waals surface area contributed by atoms with E-state index in [1.165, 1.54) is 13.8 Å². The molecule has 0 radical (unpaired) electrons. The Hall–Kier alpha value is -2.66. The van der Waals surface area contributed by atoms with Crippen molar-refractivity contribution in [3.63, 3.8) is 0 Å². The Morgan fingerprint density at radius 3 is 1.62 bits per heavy atom. The van der Waals surface area contributed by atoms with Crippen LogP contribution in [-0.2, 0) is 4.74 Å². The smallest absolute Gasteiger partial charge is 0.189 e. The highest BCUT2D eigenvalue weighted by Gasteiger charge is 2.01. The summed E-state index contributed by atoms with van der Waals surface area (Å²) in [5.41, 5.74) is 1.30. The van der Waals surface area contributed by atoms with Crippen LogP contribution in [-0.4, -0.2) is 31.6 Å². The van der Waals surface area contributed by atoms with Gasteiger partial charge < -0.3 is 14.2 Å². The molecular weight excluding hydrogens is 308 g/mol. The van der Waals surface area contributed by atoms with Crippen molar-refractivity contribution in [3.8, 4) is 11.5 Å². The molecule has 5 nitrogen and oxygen atoms in total. The first-order chi connectivity index (χ1) is 11.6. The van der Waals surface area contributed by atoms with Crippen molar-refractivity contribution >= 4 is 11.6 Å². The number of Topliss-reactive ketones (excluding diaryl/α,β-unsaturated/α-hetero) is 2. The Balaban J connectivity index is 1.62. The zero-order valence-electron chi connectivity index (χ0n) is 13.8. The molecule has 0 aliphatic heterocycles. The molecule has 0 fully saturated rings. The van der Waals surface area contributed by atoms with E-state index in [1.807, 2.05) is 0 Å². The molecule has 2 aromatic rings. The SMILES string of the molecule is CC(=O)c1ccc(OCCOCOc2ccc(C(C)=O)cc2)cc1. The van der Waals surface area contributed by atoms with Gasteiger partial charge in [-0.2, -0.15) is 0 Å². The van der Waals surface area contributed by atoms with Crippen LogP contribution in [0.3, 0.4) is 0 Å². The first kappa shape index (κ1) is 17.7. The molecule has 2 rings (SSSR count). The average molecular weight is 328 g/mol. The number of ether oxygens (including phenoxy) is 3.